The lowest BCUT2D eigenvalue weighted by Gasteiger charge is -2.04. The Balaban J connectivity index is 1.47. The van der Waals surface area contributed by atoms with Crippen LogP contribution in [0, 0.1) is 13.8 Å². The molecule has 0 saturated heterocycles. The highest BCUT2D eigenvalue weighted by atomic mass is 32.2. The molecular weight excluding hydrogens is 384 g/mol. The van der Waals surface area contributed by atoms with Gasteiger partial charge in [-0.1, -0.05) is 11.8 Å². The molecular formula is C18H16N4OS3. The van der Waals surface area contributed by atoms with Gasteiger partial charge in [0.15, 0.2) is 4.34 Å². The monoisotopic (exact) mass is 400 g/mol. The number of aromatic nitrogens is 3. The summed E-state index contributed by atoms with van der Waals surface area (Å²) in [6.07, 6.45) is 0. The molecule has 3 heterocycles. The number of anilines is 1. The van der Waals surface area contributed by atoms with Gasteiger partial charge in [-0.25, -0.2) is 4.98 Å². The Kier molecular flexibility index (Phi) is 4.56. The normalized spacial score (nSPS) is 11.2. The lowest BCUT2D eigenvalue weighted by Crippen LogP contribution is -2.09. The van der Waals surface area contributed by atoms with Crippen molar-refractivity contribution in [1.29, 1.82) is 0 Å². The van der Waals surface area contributed by atoms with Gasteiger partial charge in [0.05, 0.1) is 10.6 Å². The van der Waals surface area contributed by atoms with E-state index in [-0.39, 0.29) is 5.91 Å². The minimum absolute atomic E-state index is 0.0958. The van der Waals surface area contributed by atoms with Gasteiger partial charge in [-0.2, -0.15) is 5.10 Å². The molecule has 4 aromatic rings. The van der Waals surface area contributed by atoms with Gasteiger partial charge in [-0.05, 0) is 44.2 Å². The van der Waals surface area contributed by atoms with Crippen LogP contribution >= 0.6 is 34.4 Å². The first-order valence-electron chi connectivity index (χ1n) is 7.94. The van der Waals surface area contributed by atoms with Crippen molar-refractivity contribution < 1.29 is 4.79 Å². The van der Waals surface area contributed by atoms with E-state index in [0.717, 1.165) is 36.5 Å². The molecule has 0 aliphatic rings. The maximum absolute atomic E-state index is 12.5. The second-order valence-corrected chi connectivity index (χ2v) is 9.08. The van der Waals surface area contributed by atoms with E-state index >= 15 is 0 Å². The number of hydrogen-bond donors (Lipinski definition) is 1. The Morgan fingerprint density at radius 2 is 2.00 bits per heavy atom. The van der Waals surface area contributed by atoms with Crippen molar-refractivity contribution in [1.82, 2.24) is 14.8 Å². The maximum atomic E-state index is 12.5. The van der Waals surface area contributed by atoms with E-state index in [1.807, 2.05) is 61.3 Å². The second-order valence-electron chi connectivity index (χ2n) is 5.87. The summed E-state index contributed by atoms with van der Waals surface area (Å²) in [5.41, 5.74) is 2.76. The number of thiophene rings is 1. The molecule has 1 N–H and O–H groups in total. The molecule has 5 nitrogen and oxygen atoms in total. The molecule has 1 amide bonds. The van der Waals surface area contributed by atoms with Crippen molar-refractivity contribution in [2.75, 3.05) is 5.32 Å². The number of thiazole rings is 1. The molecule has 0 radical (unpaired) electrons. The average Bonchev–Trinajstić information content (AvgIpc) is 3.28. The highest BCUT2D eigenvalue weighted by Crippen LogP contribution is 2.31. The van der Waals surface area contributed by atoms with Gasteiger partial charge in [-0.15, -0.1) is 22.7 Å². The molecule has 0 bridgehead atoms. The van der Waals surface area contributed by atoms with Crippen molar-refractivity contribution in [2.45, 2.75) is 23.1 Å². The number of carbonyl (C=O) groups is 1. The van der Waals surface area contributed by atoms with Crippen molar-refractivity contribution >= 4 is 56.2 Å². The first-order valence-corrected chi connectivity index (χ1v) is 10.5. The third-order valence-corrected chi connectivity index (χ3v) is 7.10. The lowest BCUT2D eigenvalue weighted by molar-refractivity contribution is 0.103. The molecule has 0 fully saturated rings. The summed E-state index contributed by atoms with van der Waals surface area (Å²) in [5, 5.41) is 10.4. The number of carbonyl (C=O) groups excluding carboxylic acids is 1. The fourth-order valence-corrected chi connectivity index (χ4v) is 5.42. The smallest absolute Gasteiger partial charge is 0.265 e. The lowest BCUT2D eigenvalue weighted by atomic mass is 10.3. The van der Waals surface area contributed by atoms with Crippen LogP contribution in [0.5, 0.6) is 0 Å². The molecule has 0 aliphatic heterocycles. The van der Waals surface area contributed by atoms with Crippen LogP contribution in [0.4, 0.5) is 5.69 Å². The number of amides is 1. The average molecular weight is 401 g/mol. The zero-order valence-electron chi connectivity index (χ0n) is 14.4. The zero-order valence-corrected chi connectivity index (χ0v) is 16.9. The van der Waals surface area contributed by atoms with Gasteiger partial charge in [0.1, 0.15) is 4.83 Å². The Morgan fingerprint density at radius 3 is 2.65 bits per heavy atom. The summed E-state index contributed by atoms with van der Waals surface area (Å²) in [6.45, 7) is 3.95. The topological polar surface area (TPSA) is 59.8 Å². The number of aryl methyl sites for hydroxylation is 3. The third kappa shape index (κ3) is 3.40. The number of benzene rings is 1. The summed E-state index contributed by atoms with van der Waals surface area (Å²) in [6, 6.07) is 9.74. The van der Waals surface area contributed by atoms with Gasteiger partial charge in [0.25, 0.3) is 5.91 Å². The molecule has 1 aromatic carbocycles. The summed E-state index contributed by atoms with van der Waals surface area (Å²) < 4.78 is 2.84. The van der Waals surface area contributed by atoms with Crippen LogP contribution in [0.2, 0.25) is 0 Å². The van der Waals surface area contributed by atoms with E-state index in [1.165, 1.54) is 11.3 Å². The van der Waals surface area contributed by atoms with Crippen LogP contribution in [0.25, 0.3) is 10.2 Å². The molecule has 0 saturated carbocycles. The minimum Gasteiger partial charge on any atom is -0.321 e. The SMILES string of the molecule is Cc1csc(Sc2ccc(NC(=O)c3cc4c(C)nn(C)c4s3)cc2)n1. The molecule has 0 spiro atoms. The Labute approximate surface area is 163 Å². The van der Waals surface area contributed by atoms with E-state index in [4.69, 9.17) is 0 Å². The number of hydrogen-bond acceptors (Lipinski definition) is 6. The number of fused-ring (bicyclic) bond motifs is 1. The zero-order chi connectivity index (χ0) is 18.3. The van der Waals surface area contributed by atoms with E-state index < -0.39 is 0 Å². The molecule has 0 aliphatic carbocycles. The van der Waals surface area contributed by atoms with E-state index in [2.05, 4.69) is 15.4 Å². The van der Waals surface area contributed by atoms with Gasteiger partial charge < -0.3 is 5.32 Å². The Morgan fingerprint density at radius 1 is 1.23 bits per heavy atom. The fraction of sp³-hybridized carbons (Fsp3) is 0.167. The molecule has 4 rings (SSSR count). The number of rotatable bonds is 4. The van der Waals surface area contributed by atoms with Crippen LogP contribution in [0.3, 0.4) is 0 Å². The summed E-state index contributed by atoms with van der Waals surface area (Å²) in [5.74, 6) is -0.0958. The van der Waals surface area contributed by atoms with Gasteiger partial charge in [0.2, 0.25) is 0 Å². The van der Waals surface area contributed by atoms with Crippen LogP contribution in [0.15, 0.2) is 44.9 Å². The van der Waals surface area contributed by atoms with E-state index in [9.17, 15) is 4.79 Å². The van der Waals surface area contributed by atoms with Crippen molar-refractivity contribution in [3.05, 3.63) is 52.0 Å². The highest BCUT2D eigenvalue weighted by molar-refractivity contribution is 8.01. The van der Waals surface area contributed by atoms with Crippen molar-refractivity contribution in [3.8, 4) is 0 Å². The Bertz CT molecular complexity index is 1060. The van der Waals surface area contributed by atoms with Gasteiger partial charge >= 0.3 is 0 Å². The van der Waals surface area contributed by atoms with Gasteiger partial charge in [0, 0.05) is 34.1 Å². The summed E-state index contributed by atoms with van der Waals surface area (Å²) in [7, 11) is 1.90. The van der Waals surface area contributed by atoms with Gasteiger partial charge in [-0.3, -0.25) is 9.48 Å². The molecule has 0 atom stereocenters. The van der Waals surface area contributed by atoms with E-state index in [0.29, 0.717) is 4.88 Å². The largest absolute Gasteiger partial charge is 0.321 e. The molecule has 132 valence electrons. The van der Waals surface area contributed by atoms with Crippen molar-refractivity contribution in [2.24, 2.45) is 7.05 Å². The third-order valence-electron chi connectivity index (χ3n) is 3.84. The molecule has 3 aromatic heterocycles. The van der Waals surface area contributed by atoms with Crippen LogP contribution < -0.4 is 5.32 Å². The number of nitrogens with one attached hydrogen (secondary N) is 1. The highest BCUT2D eigenvalue weighted by Gasteiger charge is 2.15. The fourth-order valence-electron chi connectivity index (χ4n) is 2.60. The summed E-state index contributed by atoms with van der Waals surface area (Å²) in [4.78, 5) is 19.8. The maximum Gasteiger partial charge on any atom is 0.265 e. The predicted molar refractivity (Wildman–Crippen MR) is 109 cm³/mol. The number of nitrogens with zero attached hydrogens (tertiary/aromatic N) is 3. The second kappa shape index (κ2) is 6.86. The molecule has 8 heteroatoms. The predicted octanol–water partition coefficient (Wildman–Crippen LogP) is 5.11. The quantitative estimate of drug-likeness (QED) is 0.517. The molecule has 26 heavy (non-hydrogen) atoms. The first kappa shape index (κ1) is 17.3. The minimum atomic E-state index is -0.0958. The van der Waals surface area contributed by atoms with Crippen LogP contribution in [-0.2, 0) is 7.05 Å². The standard InChI is InChI=1S/C18H16N4OS3/c1-10-9-24-18(19-10)25-13-6-4-12(5-7-13)20-16(23)15-8-14-11(2)21-22(3)17(14)26-15/h4-9H,1-3H3,(H,20,23). The molecule has 0 unspecified atom stereocenters. The van der Waals surface area contributed by atoms with Crippen LogP contribution in [-0.4, -0.2) is 20.7 Å². The van der Waals surface area contributed by atoms with Crippen LogP contribution in [0.1, 0.15) is 21.1 Å². The Hall–Kier alpha value is -2.16. The van der Waals surface area contributed by atoms with E-state index in [1.54, 1.807) is 23.1 Å². The summed E-state index contributed by atoms with van der Waals surface area (Å²) >= 11 is 4.72. The first-order chi connectivity index (χ1) is 12.5. The van der Waals surface area contributed by atoms with Crippen molar-refractivity contribution in [3.63, 3.8) is 0 Å².